The number of anilines is 2. The second kappa shape index (κ2) is 9.18. The van der Waals surface area contributed by atoms with Crippen LogP contribution in [0.15, 0.2) is 28.6 Å². The second-order valence-electron chi connectivity index (χ2n) is 7.32. The molecule has 0 spiro atoms. The lowest BCUT2D eigenvalue weighted by molar-refractivity contribution is -0.117. The zero-order chi connectivity index (χ0) is 20.0. The Bertz CT molecular complexity index is 782. The summed E-state index contributed by atoms with van der Waals surface area (Å²) in [5.74, 6) is 0.200. The van der Waals surface area contributed by atoms with Crippen LogP contribution < -0.4 is 16.0 Å². The Morgan fingerprint density at radius 3 is 2.41 bits per heavy atom. The first-order valence-electron chi connectivity index (χ1n) is 8.57. The van der Waals surface area contributed by atoms with E-state index in [4.69, 9.17) is 0 Å². The number of hydrogen-bond donors (Lipinski definition) is 3. The topological polar surface area (TPSA) is 96.0 Å². The van der Waals surface area contributed by atoms with Gasteiger partial charge in [0.05, 0.1) is 5.75 Å². The normalized spacial score (nSPS) is 11.3. The number of amides is 3. The number of nitrogens with one attached hydrogen (secondary N) is 3. The number of thioether (sulfide) groups is 1. The summed E-state index contributed by atoms with van der Waals surface area (Å²) >= 11 is 2.60. The van der Waals surface area contributed by atoms with Gasteiger partial charge in [0.1, 0.15) is 0 Å². The highest BCUT2D eigenvalue weighted by molar-refractivity contribution is 8.01. The highest BCUT2D eigenvalue weighted by Gasteiger charge is 2.16. The van der Waals surface area contributed by atoms with E-state index in [2.05, 4.69) is 52.1 Å². The van der Waals surface area contributed by atoms with Crippen LogP contribution >= 0.6 is 23.1 Å². The molecule has 0 atom stereocenters. The van der Waals surface area contributed by atoms with E-state index in [1.165, 1.54) is 28.7 Å². The van der Waals surface area contributed by atoms with Gasteiger partial charge in [-0.2, -0.15) is 0 Å². The van der Waals surface area contributed by atoms with Gasteiger partial charge in [-0.15, -0.1) is 10.2 Å². The SMILES string of the molecule is CC(C)c1ccc(Nc2nnc(SCC(=O)NC(=O)NC(C)(C)C)s2)cc1. The standard InChI is InChI=1S/C18H25N5O2S2/c1-11(2)12-6-8-13(9-7-12)19-16-22-23-17(27-16)26-10-14(24)20-15(25)21-18(3,4)5/h6-9,11H,10H2,1-5H3,(H,19,22)(H2,20,21,24,25). The Balaban J connectivity index is 1.81. The molecule has 0 aliphatic rings. The molecule has 1 aromatic heterocycles. The lowest BCUT2D eigenvalue weighted by atomic mass is 10.0. The number of benzene rings is 1. The predicted molar refractivity (Wildman–Crippen MR) is 111 cm³/mol. The maximum atomic E-state index is 11.8. The molecule has 0 aliphatic carbocycles. The summed E-state index contributed by atoms with van der Waals surface area (Å²) in [4.78, 5) is 23.5. The van der Waals surface area contributed by atoms with E-state index in [-0.39, 0.29) is 11.7 Å². The Hall–Kier alpha value is -2.13. The zero-order valence-electron chi connectivity index (χ0n) is 16.1. The van der Waals surface area contributed by atoms with Crippen LogP contribution in [0.5, 0.6) is 0 Å². The van der Waals surface area contributed by atoms with Crippen LogP contribution in [0.3, 0.4) is 0 Å². The van der Waals surface area contributed by atoms with Crippen LogP contribution in [-0.2, 0) is 4.79 Å². The van der Waals surface area contributed by atoms with E-state index < -0.39 is 11.6 Å². The molecule has 0 radical (unpaired) electrons. The van der Waals surface area contributed by atoms with Gasteiger partial charge in [-0.05, 0) is 44.4 Å². The summed E-state index contributed by atoms with van der Waals surface area (Å²) in [6, 6.07) is 7.67. The molecule has 1 aromatic carbocycles. The minimum absolute atomic E-state index is 0.0925. The van der Waals surface area contributed by atoms with Gasteiger partial charge in [-0.1, -0.05) is 49.1 Å². The van der Waals surface area contributed by atoms with Gasteiger partial charge < -0.3 is 10.6 Å². The maximum absolute atomic E-state index is 11.8. The maximum Gasteiger partial charge on any atom is 0.321 e. The van der Waals surface area contributed by atoms with Gasteiger partial charge in [0, 0.05) is 11.2 Å². The van der Waals surface area contributed by atoms with Crippen LogP contribution in [0.25, 0.3) is 0 Å². The molecule has 3 amide bonds. The van der Waals surface area contributed by atoms with Crippen LogP contribution in [0, 0.1) is 0 Å². The van der Waals surface area contributed by atoms with Gasteiger partial charge in [-0.3, -0.25) is 10.1 Å². The highest BCUT2D eigenvalue weighted by Crippen LogP contribution is 2.28. The third-order valence-corrected chi connectivity index (χ3v) is 5.28. The molecule has 7 nitrogen and oxygen atoms in total. The van der Waals surface area contributed by atoms with Gasteiger partial charge in [0.25, 0.3) is 0 Å². The number of aromatic nitrogens is 2. The second-order valence-corrected chi connectivity index (χ2v) is 9.52. The largest absolute Gasteiger partial charge is 0.333 e. The molecular formula is C18H25N5O2S2. The highest BCUT2D eigenvalue weighted by atomic mass is 32.2. The lowest BCUT2D eigenvalue weighted by Gasteiger charge is -2.20. The Labute approximate surface area is 167 Å². The van der Waals surface area contributed by atoms with E-state index >= 15 is 0 Å². The fourth-order valence-corrected chi connectivity index (χ4v) is 3.63. The van der Waals surface area contributed by atoms with E-state index in [0.29, 0.717) is 15.4 Å². The Kier molecular flexibility index (Phi) is 7.20. The van der Waals surface area contributed by atoms with Crippen LogP contribution in [0.4, 0.5) is 15.6 Å². The molecule has 3 N–H and O–H groups in total. The molecular weight excluding hydrogens is 382 g/mol. The number of rotatable bonds is 6. The molecule has 0 aliphatic heterocycles. The van der Waals surface area contributed by atoms with Crippen molar-refractivity contribution in [3.63, 3.8) is 0 Å². The van der Waals surface area contributed by atoms with Crippen molar-refractivity contribution in [3.05, 3.63) is 29.8 Å². The van der Waals surface area contributed by atoms with Crippen molar-refractivity contribution >= 4 is 45.9 Å². The fraction of sp³-hybridized carbons (Fsp3) is 0.444. The number of nitrogens with zero attached hydrogens (tertiary/aromatic N) is 2. The minimum Gasteiger partial charge on any atom is -0.333 e. The summed E-state index contributed by atoms with van der Waals surface area (Å²) in [5, 5.41) is 17.0. The molecule has 2 rings (SSSR count). The quantitative estimate of drug-likeness (QED) is 0.623. The van der Waals surface area contributed by atoms with Gasteiger partial charge >= 0.3 is 6.03 Å². The molecule has 146 valence electrons. The van der Waals surface area contributed by atoms with Gasteiger partial charge in [0.2, 0.25) is 11.0 Å². The van der Waals surface area contributed by atoms with Crippen molar-refractivity contribution < 1.29 is 9.59 Å². The van der Waals surface area contributed by atoms with Crippen LogP contribution in [-0.4, -0.2) is 33.4 Å². The van der Waals surface area contributed by atoms with E-state index in [1.54, 1.807) is 0 Å². The van der Waals surface area contributed by atoms with E-state index in [1.807, 2.05) is 32.9 Å². The molecule has 0 bridgehead atoms. The lowest BCUT2D eigenvalue weighted by Crippen LogP contribution is -2.48. The first kappa shape index (κ1) is 21.2. The molecule has 1 heterocycles. The third-order valence-electron chi connectivity index (χ3n) is 3.30. The van der Waals surface area contributed by atoms with Crippen molar-refractivity contribution in [1.29, 1.82) is 0 Å². The first-order chi connectivity index (χ1) is 12.6. The first-order valence-corrected chi connectivity index (χ1v) is 10.4. The van der Waals surface area contributed by atoms with E-state index in [0.717, 1.165) is 5.69 Å². The predicted octanol–water partition coefficient (Wildman–Crippen LogP) is 4.12. The molecule has 9 heteroatoms. The number of carbonyl (C=O) groups is 2. The molecule has 0 saturated carbocycles. The fourth-order valence-electron chi connectivity index (χ4n) is 2.06. The average molecular weight is 408 g/mol. The van der Waals surface area contributed by atoms with Crippen LogP contribution in [0.2, 0.25) is 0 Å². The Morgan fingerprint density at radius 1 is 1.15 bits per heavy atom. The number of carbonyl (C=O) groups excluding carboxylic acids is 2. The summed E-state index contributed by atoms with van der Waals surface area (Å²) < 4.78 is 0.655. The van der Waals surface area contributed by atoms with Crippen molar-refractivity contribution in [1.82, 2.24) is 20.8 Å². The average Bonchev–Trinajstić information content (AvgIpc) is 2.99. The molecule has 0 fully saturated rings. The van der Waals surface area contributed by atoms with Crippen molar-refractivity contribution in [2.24, 2.45) is 0 Å². The van der Waals surface area contributed by atoms with E-state index in [9.17, 15) is 9.59 Å². The van der Waals surface area contributed by atoms with Crippen LogP contribution in [0.1, 0.15) is 46.1 Å². The summed E-state index contributed by atoms with van der Waals surface area (Å²) in [6.07, 6.45) is 0. The number of urea groups is 1. The third kappa shape index (κ3) is 7.56. The Morgan fingerprint density at radius 2 is 1.81 bits per heavy atom. The van der Waals surface area contributed by atoms with Crippen molar-refractivity contribution in [3.8, 4) is 0 Å². The monoisotopic (exact) mass is 407 g/mol. The summed E-state index contributed by atoms with van der Waals surface area (Å²) in [5.41, 5.74) is 1.81. The van der Waals surface area contributed by atoms with Crippen molar-refractivity contribution in [2.45, 2.75) is 50.4 Å². The minimum atomic E-state index is -0.502. The van der Waals surface area contributed by atoms with Gasteiger partial charge in [-0.25, -0.2) is 4.79 Å². The molecule has 0 saturated heterocycles. The number of hydrogen-bond acceptors (Lipinski definition) is 7. The zero-order valence-corrected chi connectivity index (χ0v) is 17.8. The molecule has 0 unspecified atom stereocenters. The summed E-state index contributed by atoms with van der Waals surface area (Å²) in [6.45, 7) is 9.84. The molecule has 27 heavy (non-hydrogen) atoms. The summed E-state index contributed by atoms with van der Waals surface area (Å²) in [7, 11) is 0. The van der Waals surface area contributed by atoms with Crippen molar-refractivity contribution in [2.75, 3.05) is 11.1 Å². The number of imide groups is 1. The molecule has 2 aromatic rings. The van der Waals surface area contributed by atoms with Gasteiger partial charge in [0.15, 0.2) is 4.34 Å². The smallest absolute Gasteiger partial charge is 0.321 e.